The first kappa shape index (κ1) is 9.16. The molecule has 1 radical (unpaired) electrons. The molecule has 3 heteroatoms. The highest BCUT2D eigenvalue weighted by molar-refractivity contribution is 5.10. The summed E-state index contributed by atoms with van der Waals surface area (Å²) in [4.78, 5) is 4.19. The summed E-state index contributed by atoms with van der Waals surface area (Å²) in [6, 6.07) is 6.90. The van der Waals surface area contributed by atoms with E-state index >= 15 is 0 Å². The second-order valence-electron chi connectivity index (χ2n) is 4.41. The lowest BCUT2D eigenvalue weighted by molar-refractivity contribution is 0.130. The third kappa shape index (κ3) is 1.97. The molecular formula is C12H15N2O. The van der Waals surface area contributed by atoms with Gasteiger partial charge in [-0.15, -0.1) is 0 Å². The number of ether oxygens (including phenoxy) is 1. The van der Waals surface area contributed by atoms with Gasteiger partial charge in [0, 0.05) is 37.2 Å². The van der Waals surface area contributed by atoms with Crippen molar-refractivity contribution in [3.05, 3.63) is 24.4 Å². The van der Waals surface area contributed by atoms with E-state index in [4.69, 9.17) is 4.74 Å². The Hall–Kier alpha value is -1.09. The van der Waals surface area contributed by atoms with E-state index in [1.807, 2.05) is 18.2 Å². The smallest absolute Gasteiger partial charge is 0.213 e. The molecule has 0 aromatic carbocycles. The summed E-state index contributed by atoms with van der Waals surface area (Å²) in [5.41, 5.74) is 0. The zero-order chi connectivity index (χ0) is 10.1. The molecule has 0 amide bonds. The molecule has 0 spiro atoms. The summed E-state index contributed by atoms with van der Waals surface area (Å²) >= 11 is 0. The second kappa shape index (κ2) is 3.81. The Morgan fingerprint density at radius 2 is 1.93 bits per heavy atom. The molecule has 2 bridgehead atoms. The predicted octanol–water partition coefficient (Wildman–Crippen LogP) is 1.76. The molecular weight excluding hydrogens is 188 g/mol. The highest BCUT2D eigenvalue weighted by atomic mass is 16.5. The van der Waals surface area contributed by atoms with E-state index in [1.54, 1.807) is 6.20 Å². The Bertz CT molecular complexity index is 316. The van der Waals surface area contributed by atoms with Crippen LogP contribution in [0.3, 0.4) is 0 Å². The first-order valence-corrected chi connectivity index (χ1v) is 5.68. The summed E-state index contributed by atoms with van der Waals surface area (Å²) in [7, 11) is 0. The average Bonchev–Trinajstić information content (AvgIpc) is 2.60. The largest absolute Gasteiger partial charge is 0.474 e. The Morgan fingerprint density at radius 3 is 2.60 bits per heavy atom. The molecule has 2 aliphatic heterocycles. The van der Waals surface area contributed by atoms with Gasteiger partial charge in [0.15, 0.2) is 0 Å². The molecule has 0 aliphatic carbocycles. The Labute approximate surface area is 89.9 Å². The zero-order valence-corrected chi connectivity index (χ0v) is 8.67. The molecule has 1 unspecified atom stereocenters. The van der Waals surface area contributed by atoms with Crippen molar-refractivity contribution in [3.63, 3.8) is 0 Å². The fourth-order valence-electron chi connectivity index (χ4n) is 2.58. The number of nitrogens with zero attached hydrogens (tertiary/aromatic N) is 2. The van der Waals surface area contributed by atoms with Crippen LogP contribution in [0.2, 0.25) is 0 Å². The van der Waals surface area contributed by atoms with E-state index in [1.165, 1.54) is 12.8 Å². The zero-order valence-electron chi connectivity index (χ0n) is 8.67. The van der Waals surface area contributed by atoms with Gasteiger partial charge in [-0.25, -0.2) is 10.3 Å². The molecule has 1 aromatic heterocycles. The summed E-state index contributed by atoms with van der Waals surface area (Å²) in [5, 5.41) is 4.69. The van der Waals surface area contributed by atoms with Crippen LogP contribution in [0.4, 0.5) is 0 Å². The maximum atomic E-state index is 5.86. The van der Waals surface area contributed by atoms with E-state index in [0.717, 1.165) is 18.7 Å². The highest BCUT2D eigenvalue weighted by Gasteiger charge is 2.35. The fourth-order valence-corrected chi connectivity index (χ4v) is 2.58. The topological polar surface area (TPSA) is 36.2 Å². The van der Waals surface area contributed by atoms with Crippen molar-refractivity contribution in [2.45, 2.75) is 43.9 Å². The summed E-state index contributed by atoms with van der Waals surface area (Å²) in [6.45, 7) is 0. The third-order valence-electron chi connectivity index (χ3n) is 3.25. The van der Waals surface area contributed by atoms with Crippen LogP contribution in [-0.2, 0) is 0 Å². The van der Waals surface area contributed by atoms with Gasteiger partial charge in [-0.2, -0.15) is 0 Å². The Morgan fingerprint density at radius 1 is 1.13 bits per heavy atom. The van der Waals surface area contributed by atoms with Gasteiger partial charge in [-0.1, -0.05) is 6.07 Å². The van der Waals surface area contributed by atoms with Gasteiger partial charge in [-0.05, 0) is 18.9 Å². The number of rotatable bonds is 2. The second-order valence-corrected chi connectivity index (χ2v) is 4.41. The minimum absolute atomic E-state index is 0.329. The Balaban J connectivity index is 1.65. The normalized spacial score (nSPS) is 34.0. The number of hydrogen-bond donors (Lipinski definition) is 0. The van der Waals surface area contributed by atoms with Crippen molar-refractivity contribution in [2.75, 3.05) is 0 Å². The van der Waals surface area contributed by atoms with E-state index in [-0.39, 0.29) is 0 Å². The molecule has 2 fully saturated rings. The third-order valence-corrected chi connectivity index (χ3v) is 3.25. The summed E-state index contributed by atoms with van der Waals surface area (Å²) in [5.74, 6) is 0.754. The Kier molecular flexibility index (Phi) is 2.33. The van der Waals surface area contributed by atoms with Gasteiger partial charge in [0.1, 0.15) is 6.10 Å². The molecule has 1 aromatic rings. The first-order chi connectivity index (χ1) is 7.40. The predicted molar refractivity (Wildman–Crippen MR) is 56.8 cm³/mol. The molecule has 2 aliphatic rings. The summed E-state index contributed by atoms with van der Waals surface area (Å²) < 4.78 is 5.86. The number of hydrogen-bond acceptors (Lipinski definition) is 2. The molecule has 79 valence electrons. The molecule has 3 atom stereocenters. The first-order valence-electron chi connectivity index (χ1n) is 5.68. The SMILES string of the molecule is c1ccc(OC2C[C@H]3CC[C@@H](C2)[N]3)nc1. The quantitative estimate of drug-likeness (QED) is 0.734. The van der Waals surface area contributed by atoms with Gasteiger partial charge in [0.2, 0.25) is 5.88 Å². The molecule has 3 nitrogen and oxygen atoms in total. The number of piperidine rings is 1. The molecule has 0 saturated carbocycles. The number of aromatic nitrogens is 1. The lowest BCUT2D eigenvalue weighted by atomic mass is 10.0. The van der Waals surface area contributed by atoms with Crippen LogP contribution in [0.1, 0.15) is 25.7 Å². The van der Waals surface area contributed by atoms with E-state index in [2.05, 4.69) is 10.3 Å². The maximum Gasteiger partial charge on any atom is 0.213 e. The summed E-state index contributed by atoms with van der Waals surface area (Å²) in [6.07, 6.45) is 6.77. The van der Waals surface area contributed by atoms with Crippen LogP contribution in [0, 0.1) is 0 Å². The van der Waals surface area contributed by atoms with Gasteiger partial charge < -0.3 is 4.74 Å². The van der Waals surface area contributed by atoms with Crippen LogP contribution in [0.5, 0.6) is 5.88 Å². The number of fused-ring (bicyclic) bond motifs is 2. The van der Waals surface area contributed by atoms with Crippen LogP contribution in [-0.4, -0.2) is 23.2 Å². The number of pyridine rings is 1. The average molecular weight is 203 g/mol. The minimum atomic E-state index is 0.329. The van der Waals surface area contributed by atoms with E-state index in [0.29, 0.717) is 18.2 Å². The van der Waals surface area contributed by atoms with E-state index in [9.17, 15) is 0 Å². The molecule has 15 heavy (non-hydrogen) atoms. The van der Waals surface area contributed by atoms with Crippen LogP contribution >= 0.6 is 0 Å². The van der Waals surface area contributed by atoms with Gasteiger partial charge in [0.05, 0.1) is 0 Å². The van der Waals surface area contributed by atoms with Gasteiger partial charge in [-0.3, -0.25) is 0 Å². The van der Waals surface area contributed by atoms with Crippen molar-refractivity contribution in [3.8, 4) is 5.88 Å². The van der Waals surface area contributed by atoms with Crippen LogP contribution in [0.25, 0.3) is 0 Å². The van der Waals surface area contributed by atoms with Gasteiger partial charge in [0.25, 0.3) is 0 Å². The molecule has 3 rings (SSSR count). The van der Waals surface area contributed by atoms with Crippen molar-refractivity contribution in [1.29, 1.82) is 0 Å². The van der Waals surface area contributed by atoms with Gasteiger partial charge >= 0.3 is 0 Å². The molecule has 2 saturated heterocycles. The standard InChI is InChI=1S/C12H15N2O/c1-2-6-13-12(3-1)15-11-7-9-4-5-10(8-11)14-9/h1-3,6,9-11H,4-5,7-8H2/t9-,10+,11?. The lowest BCUT2D eigenvalue weighted by Crippen LogP contribution is -2.38. The molecule has 0 N–H and O–H groups in total. The lowest BCUT2D eigenvalue weighted by Gasteiger charge is -2.27. The highest BCUT2D eigenvalue weighted by Crippen LogP contribution is 2.30. The van der Waals surface area contributed by atoms with Crippen molar-refractivity contribution in [1.82, 2.24) is 10.3 Å². The molecule has 3 heterocycles. The van der Waals surface area contributed by atoms with E-state index < -0.39 is 0 Å². The van der Waals surface area contributed by atoms with Crippen molar-refractivity contribution >= 4 is 0 Å². The van der Waals surface area contributed by atoms with Crippen molar-refractivity contribution < 1.29 is 4.74 Å². The maximum absolute atomic E-state index is 5.86. The van der Waals surface area contributed by atoms with Crippen LogP contribution in [0.15, 0.2) is 24.4 Å². The van der Waals surface area contributed by atoms with Crippen LogP contribution < -0.4 is 10.1 Å². The fraction of sp³-hybridized carbons (Fsp3) is 0.583. The van der Waals surface area contributed by atoms with Crippen molar-refractivity contribution in [2.24, 2.45) is 0 Å². The monoisotopic (exact) mass is 203 g/mol. The minimum Gasteiger partial charge on any atom is -0.474 e.